The summed E-state index contributed by atoms with van der Waals surface area (Å²) in [5.41, 5.74) is 1.58. The van der Waals surface area contributed by atoms with Crippen molar-refractivity contribution < 1.29 is 69.1 Å². The number of ether oxygens (including phenoxy) is 1. The summed E-state index contributed by atoms with van der Waals surface area (Å²) in [4.78, 5) is 0. The molecule has 0 heterocycles. The number of benzene rings is 1. The zero-order valence-electron chi connectivity index (χ0n) is 14.1. The minimum atomic E-state index is -4.94. The van der Waals surface area contributed by atoms with Crippen molar-refractivity contribution in [2.75, 3.05) is 6.51 Å². The van der Waals surface area contributed by atoms with Gasteiger partial charge in [-0.25, -0.2) is 0 Å². The molecule has 0 N–H and O–H groups in total. The minimum Gasteiger partial charge on any atom is -0.521 e. The van der Waals surface area contributed by atoms with Crippen LogP contribution >= 0.6 is 0 Å². The van der Waals surface area contributed by atoms with Crippen LogP contribution < -0.4 is 56.1 Å². The van der Waals surface area contributed by atoms with E-state index in [1.807, 2.05) is 32.9 Å². The van der Waals surface area contributed by atoms with E-state index in [0.29, 0.717) is 5.75 Å². The van der Waals surface area contributed by atoms with Crippen LogP contribution in [0.15, 0.2) is 18.2 Å². The molecule has 0 spiro atoms. The second-order valence-corrected chi connectivity index (χ2v) is 7.23. The fraction of sp³-hybridized carbons (Fsp3) is 0.600. The van der Waals surface area contributed by atoms with Crippen LogP contribution in [0.1, 0.15) is 52.7 Å². The molecule has 0 amide bonds. The predicted molar refractivity (Wildman–Crippen MR) is 78.4 cm³/mol. The van der Waals surface area contributed by atoms with E-state index in [-0.39, 0.29) is 62.2 Å². The molecular formula is C15H23BF3KO. The molecule has 1 nitrogen and oxygen atoms in total. The van der Waals surface area contributed by atoms with Gasteiger partial charge in [0.25, 0.3) is 0 Å². The maximum absolute atomic E-state index is 12.4. The fourth-order valence-electron chi connectivity index (χ4n) is 1.89. The van der Waals surface area contributed by atoms with E-state index in [2.05, 4.69) is 20.8 Å². The van der Waals surface area contributed by atoms with Crippen LogP contribution in [-0.4, -0.2) is 13.5 Å². The largest absolute Gasteiger partial charge is 1.00 e. The van der Waals surface area contributed by atoms with Gasteiger partial charge in [0, 0.05) is 0 Å². The predicted octanol–water partition coefficient (Wildman–Crippen LogP) is 2.05. The monoisotopic (exact) mass is 326 g/mol. The number of halogens is 3. The van der Waals surface area contributed by atoms with E-state index in [0.717, 1.165) is 11.1 Å². The average Bonchev–Trinajstić information content (AvgIpc) is 2.22. The number of rotatable bonds is 3. The summed E-state index contributed by atoms with van der Waals surface area (Å²) >= 11 is 0. The Hall–Kier alpha value is 0.511. The molecule has 0 aliphatic rings. The quantitative estimate of drug-likeness (QED) is 0.773. The van der Waals surface area contributed by atoms with Crippen LogP contribution in [0.25, 0.3) is 0 Å². The molecule has 0 saturated heterocycles. The van der Waals surface area contributed by atoms with Crippen LogP contribution in [0.5, 0.6) is 5.75 Å². The third kappa shape index (κ3) is 7.08. The van der Waals surface area contributed by atoms with Gasteiger partial charge in [-0.15, -0.1) is 0 Å². The van der Waals surface area contributed by atoms with E-state index in [1.54, 1.807) is 6.07 Å². The first-order valence-electron chi connectivity index (χ1n) is 6.79. The first-order chi connectivity index (χ1) is 8.81. The molecule has 1 rings (SSSR count). The molecule has 0 atom stereocenters. The van der Waals surface area contributed by atoms with Crippen molar-refractivity contribution in [1.82, 2.24) is 0 Å². The van der Waals surface area contributed by atoms with Crippen LogP contribution in [0.2, 0.25) is 0 Å². The molecule has 114 valence electrons. The zero-order valence-corrected chi connectivity index (χ0v) is 17.2. The maximum Gasteiger partial charge on any atom is 1.00 e. The summed E-state index contributed by atoms with van der Waals surface area (Å²) in [6, 6.07) is 5.45. The van der Waals surface area contributed by atoms with E-state index >= 15 is 0 Å². The summed E-state index contributed by atoms with van der Waals surface area (Å²) in [5.74, 6) is 0.324. The fourth-order valence-corrected chi connectivity index (χ4v) is 1.89. The Bertz CT molecular complexity index is 473. The van der Waals surface area contributed by atoms with Crippen molar-refractivity contribution >= 4 is 6.98 Å². The Balaban J connectivity index is 0.00000400. The Morgan fingerprint density at radius 1 is 0.952 bits per heavy atom. The van der Waals surface area contributed by atoms with Crippen LogP contribution in [-0.2, 0) is 10.8 Å². The van der Waals surface area contributed by atoms with Crippen LogP contribution in [0, 0.1) is 0 Å². The molecule has 0 aromatic heterocycles. The minimum absolute atomic E-state index is 0. The van der Waals surface area contributed by atoms with Gasteiger partial charge in [-0.3, -0.25) is 0 Å². The smallest absolute Gasteiger partial charge is 0.521 e. The van der Waals surface area contributed by atoms with E-state index < -0.39 is 13.5 Å². The molecular weight excluding hydrogens is 303 g/mol. The Morgan fingerprint density at radius 3 is 1.86 bits per heavy atom. The van der Waals surface area contributed by atoms with E-state index in [1.165, 1.54) is 0 Å². The van der Waals surface area contributed by atoms with Crippen molar-refractivity contribution in [2.24, 2.45) is 0 Å². The molecule has 0 bridgehead atoms. The molecule has 0 unspecified atom stereocenters. The van der Waals surface area contributed by atoms with Crippen molar-refractivity contribution in [3.05, 3.63) is 29.3 Å². The molecule has 0 aliphatic carbocycles. The molecule has 1 aromatic carbocycles. The second kappa shape index (κ2) is 7.39. The van der Waals surface area contributed by atoms with Gasteiger partial charge in [0.1, 0.15) is 5.75 Å². The Labute approximate surface area is 168 Å². The van der Waals surface area contributed by atoms with Gasteiger partial charge in [-0.05, 0) is 28.0 Å². The molecule has 0 aliphatic heterocycles. The van der Waals surface area contributed by atoms with Crippen molar-refractivity contribution in [3.63, 3.8) is 0 Å². The number of hydrogen-bond acceptors (Lipinski definition) is 1. The second-order valence-electron chi connectivity index (χ2n) is 7.23. The van der Waals surface area contributed by atoms with Crippen LogP contribution in [0.3, 0.4) is 0 Å². The molecule has 1 aromatic rings. The van der Waals surface area contributed by atoms with Gasteiger partial charge in [-0.2, -0.15) is 0 Å². The van der Waals surface area contributed by atoms with Gasteiger partial charge in [0.15, 0.2) is 0 Å². The van der Waals surface area contributed by atoms with Crippen LogP contribution in [0.4, 0.5) is 12.9 Å². The Kier molecular flexibility index (Phi) is 7.57. The molecule has 6 heteroatoms. The van der Waals surface area contributed by atoms with E-state index in [9.17, 15) is 12.9 Å². The summed E-state index contributed by atoms with van der Waals surface area (Å²) in [5, 5.41) is 0. The third-order valence-corrected chi connectivity index (χ3v) is 3.08. The summed E-state index contributed by atoms with van der Waals surface area (Å²) in [6.45, 7) is 6.01. The average molecular weight is 326 g/mol. The van der Waals surface area contributed by atoms with Crippen molar-refractivity contribution in [1.29, 1.82) is 0 Å². The standard InChI is InChI=1S/C15H23BF3O.K/c1-14(2,3)11-7-8-13(20-10-16(17,18)19)12(9-11)15(4,5)6;/h7-9H,10H2,1-6H3;/q-1;+1. The summed E-state index contributed by atoms with van der Waals surface area (Å²) in [7, 11) is 0. The van der Waals surface area contributed by atoms with Gasteiger partial charge >= 0.3 is 58.4 Å². The molecule has 0 saturated carbocycles. The van der Waals surface area contributed by atoms with E-state index in [4.69, 9.17) is 4.74 Å². The SMILES string of the molecule is CC(C)(C)c1ccc(OC[B-](F)(F)F)c(C(C)(C)C)c1.[K+]. The molecule has 21 heavy (non-hydrogen) atoms. The summed E-state index contributed by atoms with van der Waals surface area (Å²) < 4.78 is 42.1. The molecule has 0 radical (unpaired) electrons. The van der Waals surface area contributed by atoms with Gasteiger partial charge < -0.3 is 17.7 Å². The van der Waals surface area contributed by atoms with Gasteiger partial charge in [-0.1, -0.05) is 53.7 Å². The van der Waals surface area contributed by atoms with Crippen molar-refractivity contribution in [3.8, 4) is 5.75 Å². The third-order valence-electron chi connectivity index (χ3n) is 3.08. The zero-order chi connectivity index (χ0) is 15.8. The van der Waals surface area contributed by atoms with Crippen molar-refractivity contribution in [2.45, 2.75) is 52.4 Å². The summed E-state index contributed by atoms with van der Waals surface area (Å²) in [6.07, 6.45) is 0. The first-order valence-corrected chi connectivity index (χ1v) is 6.79. The Morgan fingerprint density at radius 2 is 1.48 bits per heavy atom. The molecule has 0 fully saturated rings. The van der Waals surface area contributed by atoms with Gasteiger partial charge in [0.2, 0.25) is 0 Å². The first kappa shape index (κ1) is 21.5. The maximum atomic E-state index is 12.4. The normalized spacial score (nSPS) is 12.8. The number of hydrogen-bond donors (Lipinski definition) is 0. The topological polar surface area (TPSA) is 9.23 Å². The van der Waals surface area contributed by atoms with Gasteiger partial charge in [0.05, 0.1) is 6.51 Å².